The largest absolute Gasteiger partial charge is 0.453 e. The number of alkyl halides is 3. The average molecular weight is 533 g/mol. The van der Waals surface area contributed by atoms with E-state index in [1.807, 2.05) is 0 Å². The normalized spacial score (nSPS) is 11.5. The van der Waals surface area contributed by atoms with E-state index in [9.17, 15) is 22.8 Å². The number of ether oxygens (including phenoxy) is 1. The molecule has 0 atom stereocenters. The number of aromatic amines is 2. The Hall–Kier alpha value is -3.41. The molecule has 4 rings (SSSR count). The lowest BCUT2D eigenvalue weighted by Crippen LogP contribution is -2.20. The molecule has 0 saturated carbocycles. The van der Waals surface area contributed by atoms with E-state index in [0.717, 1.165) is 6.07 Å². The predicted octanol–water partition coefficient (Wildman–Crippen LogP) is 6.67. The number of urea groups is 1. The highest BCUT2D eigenvalue weighted by atomic mass is 35.5. The lowest BCUT2D eigenvalue weighted by molar-refractivity contribution is -0.137. The van der Waals surface area contributed by atoms with Gasteiger partial charge in [-0.3, -0.25) is 4.98 Å². The number of rotatable bonds is 4. The molecule has 0 unspecified atom stereocenters. The zero-order chi connectivity index (χ0) is 24.6. The van der Waals surface area contributed by atoms with Gasteiger partial charge in [0.2, 0.25) is 0 Å². The average Bonchev–Trinajstić information content (AvgIpc) is 3.13. The number of carbonyl (C=O) groups excluding carboxylic acids is 1. The molecule has 2 aromatic heterocycles. The van der Waals surface area contributed by atoms with Crippen LogP contribution in [0.2, 0.25) is 15.1 Å². The fourth-order valence-electron chi connectivity index (χ4n) is 2.92. The summed E-state index contributed by atoms with van der Waals surface area (Å²) >= 11 is 17.9. The van der Waals surface area contributed by atoms with Gasteiger partial charge in [-0.15, -0.1) is 0 Å². The van der Waals surface area contributed by atoms with Crippen molar-refractivity contribution in [3.05, 3.63) is 73.7 Å². The van der Waals surface area contributed by atoms with Gasteiger partial charge >= 0.3 is 17.9 Å². The van der Waals surface area contributed by atoms with Gasteiger partial charge in [0.05, 0.1) is 26.3 Å². The summed E-state index contributed by atoms with van der Waals surface area (Å²) in [5.41, 5.74) is -1.14. The molecule has 0 aliphatic heterocycles. The van der Waals surface area contributed by atoms with Gasteiger partial charge in [-0.1, -0.05) is 34.8 Å². The van der Waals surface area contributed by atoms with Crippen LogP contribution >= 0.6 is 34.8 Å². The van der Waals surface area contributed by atoms with E-state index in [1.165, 1.54) is 30.5 Å². The molecule has 0 radical (unpaired) electrons. The Kier molecular flexibility index (Phi) is 6.34. The Morgan fingerprint density at radius 2 is 1.71 bits per heavy atom. The van der Waals surface area contributed by atoms with Crippen LogP contribution in [0.3, 0.4) is 0 Å². The molecule has 0 bridgehead atoms. The minimum absolute atomic E-state index is 0.0366. The number of hydrogen-bond acceptors (Lipinski definition) is 4. The van der Waals surface area contributed by atoms with Crippen molar-refractivity contribution in [2.24, 2.45) is 0 Å². The fourth-order valence-corrected chi connectivity index (χ4v) is 3.62. The van der Waals surface area contributed by atoms with Gasteiger partial charge in [0.25, 0.3) is 0 Å². The van der Waals surface area contributed by atoms with E-state index < -0.39 is 28.5 Å². The zero-order valence-electron chi connectivity index (χ0n) is 16.5. The number of nitrogens with zero attached hydrogens (tertiary/aromatic N) is 1. The van der Waals surface area contributed by atoms with E-state index in [1.54, 1.807) is 0 Å². The molecule has 4 N–H and O–H groups in total. The van der Waals surface area contributed by atoms with Crippen LogP contribution in [0.15, 0.2) is 47.4 Å². The predicted molar refractivity (Wildman–Crippen MR) is 122 cm³/mol. The number of hydrogen-bond donors (Lipinski definition) is 4. The number of imidazole rings is 1. The number of fused-ring (bicyclic) bond motifs is 1. The van der Waals surface area contributed by atoms with Crippen LogP contribution in [0.5, 0.6) is 11.5 Å². The quantitative estimate of drug-likeness (QED) is 0.235. The molecule has 2 heterocycles. The summed E-state index contributed by atoms with van der Waals surface area (Å²) in [7, 11) is 0. The van der Waals surface area contributed by atoms with Crippen molar-refractivity contribution in [2.45, 2.75) is 6.18 Å². The summed E-state index contributed by atoms with van der Waals surface area (Å²) in [6.45, 7) is 0. The third-order valence-electron chi connectivity index (χ3n) is 4.40. The van der Waals surface area contributed by atoms with Gasteiger partial charge < -0.3 is 20.4 Å². The number of amides is 2. The first kappa shape index (κ1) is 23.7. The van der Waals surface area contributed by atoms with Crippen LogP contribution < -0.4 is 21.1 Å². The second-order valence-electron chi connectivity index (χ2n) is 6.75. The summed E-state index contributed by atoms with van der Waals surface area (Å²) < 4.78 is 44.9. The number of anilines is 2. The Morgan fingerprint density at radius 3 is 2.44 bits per heavy atom. The van der Waals surface area contributed by atoms with Crippen LogP contribution in [-0.2, 0) is 6.18 Å². The van der Waals surface area contributed by atoms with Crippen molar-refractivity contribution >= 4 is 63.4 Å². The van der Waals surface area contributed by atoms with E-state index in [2.05, 4.69) is 25.6 Å². The van der Waals surface area contributed by atoms with Crippen LogP contribution in [-0.4, -0.2) is 21.0 Å². The molecule has 34 heavy (non-hydrogen) atoms. The summed E-state index contributed by atoms with van der Waals surface area (Å²) in [6, 6.07) is 6.14. The maximum absolute atomic E-state index is 13.0. The molecule has 4 aromatic rings. The number of carbonyl (C=O) groups is 1. The highest BCUT2D eigenvalue weighted by Crippen LogP contribution is 2.38. The monoisotopic (exact) mass is 531 g/mol. The minimum atomic E-state index is -4.70. The van der Waals surface area contributed by atoms with Gasteiger partial charge in [-0.25, -0.2) is 14.6 Å². The van der Waals surface area contributed by atoms with Gasteiger partial charge in [-0.05, 0) is 24.3 Å². The Morgan fingerprint density at radius 1 is 0.941 bits per heavy atom. The minimum Gasteiger partial charge on any atom is -0.453 e. The molecule has 0 fully saturated rings. The fraction of sp³-hybridized carbons (Fsp3) is 0.0500. The second-order valence-corrected chi connectivity index (χ2v) is 7.97. The summed E-state index contributed by atoms with van der Waals surface area (Å²) in [5.74, 6) is 0.283. The Bertz CT molecular complexity index is 1470. The first-order valence-electron chi connectivity index (χ1n) is 9.20. The summed E-state index contributed by atoms with van der Waals surface area (Å²) in [4.78, 5) is 33.0. The molecule has 176 valence electrons. The summed E-state index contributed by atoms with van der Waals surface area (Å²) in [6.07, 6.45) is -3.29. The van der Waals surface area contributed by atoms with Crippen LogP contribution in [0, 0.1) is 0 Å². The molecule has 0 saturated heterocycles. The molecule has 2 amide bonds. The van der Waals surface area contributed by atoms with Crippen molar-refractivity contribution in [3.63, 3.8) is 0 Å². The number of benzene rings is 2. The SMILES string of the molecule is O=C(Nc1ccc(Cl)c(C(F)(F)F)c1)Nc1cc(Oc2ccnc3[nH]c(=O)[nH]c23)c(Cl)cc1Cl. The van der Waals surface area contributed by atoms with Crippen LogP contribution in [0.25, 0.3) is 11.2 Å². The van der Waals surface area contributed by atoms with E-state index in [-0.39, 0.29) is 44.1 Å². The Labute approximate surface area is 203 Å². The molecule has 2 aromatic carbocycles. The first-order valence-corrected chi connectivity index (χ1v) is 10.3. The molecule has 14 heteroatoms. The molecular weight excluding hydrogens is 522 g/mol. The number of nitrogens with one attached hydrogen (secondary N) is 4. The van der Waals surface area contributed by atoms with E-state index in [0.29, 0.717) is 6.07 Å². The van der Waals surface area contributed by atoms with Crippen molar-refractivity contribution in [1.82, 2.24) is 15.0 Å². The number of halogens is 6. The molecule has 0 aliphatic carbocycles. The maximum Gasteiger partial charge on any atom is 0.417 e. The first-order chi connectivity index (χ1) is 16.0. The van der Waals surface area contributed by atoms with Crippen LogP contribution in [0.1, 0.15) is 5.56 Å². The van der Waals surface area contributed by atoms with Crippen LogP contribution in [0.4, 0.5) is 29.3 Å². The number of pyridine rings is 1. The summed E-state index contributed by atoms with van der Waals surface area (Å²) in [5, 5.41) is 4.31. The third kappa shape index (κ3) is 5.06. The van der Waals surface area contributed by atoms with Crippen molar-refractivity contribution < 1.29 is 22.7 Å². The topological polar surface area (TPSA) is 112 Å². The molecule has 8 nitrogen and oxygen atoms in total. The highest BCUT2D eigenvalue weighted by Gasteiger charge is 2.33. The number of H-pyrrole nitrogens is 2. The standard InChI is InChI=1S/C20H11Cl3F3N5O3/c21-10-2-1-8(5-9(10)20(24,25)26)28-18(32)29-13-7-15(12(23)6-11(13)22)34-14-3-4-27-17-16(14)30-19(33)31-17/h1-7H,(H2,28,29,32)(H2,27,30,31,33). The van der Waals surface area contributed by atoms with Crippen molar-refractivity contribution in [3.8, 4) is 11.5 Å². The van der Waals surface area contributed by atoms with Crippen molar-refractivity contribution in [1.29, 1.82) is 0 Å². The maximum atomic E-state index is 13.0. The second kappa shape index (κ2) is 9.09. The van der Waals surface area contributed by atoms with Gasteiger partial charge in [0.15, 0.2) is 11.4 Å². The highest BCUT2D eigenvalue weighted by molar-refractivity contribution is 6.37. The lowest BCUT2D eigenvalue weighted by Gasteiger charge is -2.14. The van der Waals surface area contributed by atoms with E-state index >= 15 is 0 Å². The Balaban J connectivity index is 1.57. The third-order valence-corrected chi connectivity index (χ3v) is 5.34. The van der Waals surface area contributed by atoms with E-state index in [4.69, 9.17) is 39.5 Å². The molecular formula is C20H11Cl3F3N5O3. The smallest absolute Gasteiger partial charge is 0.417 e. The van der Waals surface area contributed by atoms with Gasteiger partial charge in [0, 0.05) is 24.0 Å². The zero-order valence-corrected chi connectivity index (χ0v) is 18.7. The molecule has 0 aliphatic rings. The molecule has 0 spiro atoms. The lowest BCUT2D eigenvalue weighted by atomic mass is 10.2. The van der Waals surface area contributed by atoms with Crippen molar-refractivity contribution in [2.75, 3.05) is 10.6 Å². The van der Waals surface area contributed by atoms with Gasteiger partial charge in [-0.2, -0.15) is 13.2 Å². The number of aromatic nitrogens is 3. The van der Waals surface area contributed by atoms with Gasteiger partial charge in [0.1, 0.15) is 11.3 Å².